The Bertz CT molecular complexity index is 500. The van der Waals surface area contributed by atoms with Gasteiger partial charge in [0, 0.05) is 11.6 Å². The smallest absolute Gasteiger partial charge is 0.120 e. The van der Waals surface area contributed by atoms with Crippen molar-refractivity contribution >= 4 is 11.6 Å². The summed E-state index contributed by atoms with van der Waals surface area (Å²) in [6, 6.07) is 15.8. The topological polar surface area (TPSA) is 21.3 Å². The molecule has 2 rings (SSSR count). The van der Waals surface area contributed by atoms with Gasteiger partial charge in [-0.05, 0) is 42.4 Å². The van der Waals surface area contributed by atoms with Gasteiger partial charge in [0.25, 0.3) is 0 Å². The van der Waals surface area contributed by atoms with E-state index in [-0.39, 0.29) is 12.4 Å². The fourth-order valence-electron chi connectivity index (χ4n) is 1.70. The Labute approximate surface area is 125 Å². The molecule has 0 aliphatic carbocycles. The van der Waals surface area contributed by atoms with Crippen molar-refractivity contribution in [3.63, 3.8) is 0 Å². The summed E-state index contributed by atoms with van der Waals surface area (Å²) in [5.74, 6) is 0.887. The minimum absolute atomic E-state index is 0. The number of ether oxygens (including phenoxy) is 1. The zero-order valence-electron chi connectivity index (χ0n) is 10.7. The lowest BCUT2D eigenvalue weighted by molar-refractivity contribution is -0.00000399. The second kappa shape index (κ2) is 8.05. The molecular weight excluding hydrogens is 281 g/mol. The molecule has 2 aromatic rings. The van der Waals surface area contributed by atoms with E-state index in [9.17, 15) is 0 Å². The molecule has 2 nitrogen and oxygen atoms in total. The van der Waals surface area contributed by atoms with Crippen LogP contribution in [0.15, 0.2) is 48.5 Å². The van der Waals surface area contributed by atoms with Gasteiger partial charge < -0.3 is 22.5 Å². The fourth-order valence-corrected chi connectivity index (χ4v) is 1.82. The van der Waals surface area contributed by atoms with Crippen LogP contribution in [0.5, 0.6) is 5.75 Å². The number of nitrogens with one attached hydrogen (secondary N) is 1. The quantitative estimate of drug-likeness (QED) is 0.875. The van der Waals surface area contributed by atoms with Crippen LogP contribution < -0.4 is 22.5 Å². The van der Waals surface area contributed by atoms with Gasteiger partial charge in [-0.2, -0.15) is 0 Å². The van der Waals surface area contributed by atoms with Crippen molar-refractivity contribution in [2.24, 2.45) is 0 Å². The first-order valence-electron chi connectivity index (χ1n) is 5.89. The number of hydrogen-bond donors (Lipinski definition) is 1. The Balaban J connectivity index is 0.00000180. The van der Waals surface area contributed by atoms with E-state index in [0.29, 0.717) is 6.61 Å². The molecule has 4 heteroatoms. The van der Waals surface area contributed by atoms with E-state index in [2.05, 4.69) is 11.4 Å². The summed E-state index contributed by atoms with van der Waals surface area (Å²) in [5, 5.41) is 3.87. The summed E-state index contributed by atoms with van der Waals surface area (Å²) >= 11 is 5.84. The fraction of sp³-hybridized carbons (Fsp3) is 0.200. The van der Waals surface area contributed by atoms with Crippen molar-refractivity contribution in [3.8, 4) is 5.75 Å². The highest BCUT2D eigenvalue weighted by molar-refractivity contribution is 6.30. The van der Waals surface area contributed by atoms with Crippen LogP contribution in [0.2, 0.25) is 5.02 Å². The van der Waals surface area contributed by atoms with E-state index in [4.69, 9.17) is 16.3 Å². The summed E-state index contributed by atoms with van der Waals surface area (Å²) in [6.07, 6.45) is 0. The van der Waals surface area contributed by atoms with Crippen molar-refractivity contribution in [2.45, 2.75) is 13.2 Å². The van der Waals surface area contributed by atoms with Crippen molar-refractivity contribution in [1.82, 2.24) is 5.32 Å². The second-order valence-electron chi connectivity index (χ2n) is 4.09. The molecule has 19 heavy (non-hydrogen) atoms. The Kier molecular flexibility index (Phi) is 6.71. The van der Waals surface area contributed by atoms with Crippen LogP contribution in [0.3, 0.4) is 0 Å². The summed E-state index contributed by atoms with van der Waals surface area (Å²) in [6.45, 7) is 1.40. The molecule has 1 N–H and O–H groups in total. The highest BCUT2D eigenvalue weighted by atomic mass is 35.5. The largest absolute Gasteiger partial charge is 1.00 e. The van der Waals surface area contributed by atoms with Gasteiger partial charge in [-0.15, -0.1) is 0 Å². The Morgan fingerprint density at radius 1 is 1.05 bits per heavy atom. The Hall–Kier alpha value is -1.22. The molecule has 0 aliphatic heterocycles. The normalized spacial score (nSPS) is 9.79. The van der Waals surface area contributed by atoms with E-state index < -0.39 is 0 Å². The maximum atomic E-state index is 5.84. The minimum atomic E-state index is 0. The van der Waals surface area contributed by atoms with Crippen molar-refractivity contribution in [3.05, 3.63) is 64.7 Å². The molecule has 0 bridgehead atoms. The highest BCUT2D eigenvalue weighted by Gasteiger charge is 1.98. The molecule has 0 spiro atoms. The zero-order chi connectivity index (χ0) is 12.8. The third-order valence-electron chi connectivity index (χ3n) is 2.60. The van der Waals surface area contributed by atoms with Crippen LogP contribution in [0.1, 0.15) is 11.1 Å². The van der Waals surface area contributed by atoms with Gasteiger partial charge in [0.15, 0.2) is 0 Å². The summed E-state index contributed by atoms with van der Waals surface area (Å²) in [7, 11) is 1.93. The number of rotatable bonds is 5. The lowest BCUT2D eigenvalue weighted by atomic mass is 10.2. The third-order valence-corrected chi connectivity index (χ3v) is 2.85. The van der Waals surface area contributed by atoms with Gasteiger partial charge in [-0.1, -0.05) is 35.9 Å². The maximum Gasteiger partial charge on any atom is 0.120 e. The lowest BCUT2D eigenvalue weighted by Gasteiger charge is -2.08. The van der Waals surface area contributed by atoms with E-state index in [1.54, 1.807) is 0 Å². The molecule has 0 fully saturated rings. The average molecular weight is 297 g/mol. The molecule has 0 heterocycles. The highest BCUT2D eigenvalue weighted by Crippen LogP contribution is 2.16. The van der Waals surface area contributed by atoms with Gasteiger partial charge in [0.1, 0.15) is 12.4 Å². The number of benzene rings is 2. The molecule has 0 amide bonds. The standard InChI is InChI=1S/C15H16ClNO.ClH/c1-17-10-13-3-2-4-15(9-13)18-11-12-5-7-14(16)8-6-12;/h2-9,17H,10-11H2,1H3;1H/p-1. The predicted molar refractivity (Wildman–Crippen MR) is 75.0 cm³/mol. The Morgan fingerprint density at radius 2 is 1.79 bits per heavy atom. The van der Waals surface area contributed by atoms with E-state index in [1.807, 2.05) is 49.5 Å². The first-order chi connectivity index (χ1) is 8.78. The molecule has 0 atom stereocenters. The van der Waals surface area contributed by atoms with E-state index in [1.165, 1.54) is 5.56 Å². The molecule has 0 aromatic heterocycles. The first-order valence-corrected chi connectivity index (χ1v) is 6.26. The lowest BCUT2D eigenvalue weighted by Crippen LogP contribution is -3.00. The molecule has 2 aromatic carbocycles. The monoisotopic (exact) mass is 296 g/mol. The van der Waals surface area contributed by atoms with Crippen LogP contribution in [0.25, 0.3) is 0 Å². The molecule has 0 unspecified atom stereocenters. The summed E-state index contributed by atoms with van der Waals surface area (Å²) in [4.78, 5) is 0. The molecule has 0 aliphatic rings. The third kappa shape index (κ3) is 5.11. The van der Waals surface area contributed by atoms with Crippen molar-refractivity contribution in [2.75, 3.05) is 7.05 Å². The van der Waals surface area contributed by atoms with Crippen LogP contribution in [0, 0.1) is 0 Å². The molecule has 102 valence electrons. The predicted octanol–water partition coefficient (Wildman–Crippen LogP) is 0.642. The van der Waals surface area contributed by atoms with Gasteiger partial charge in [0.05, 0.1) is 0 Å². The van der Waals surface area contributed by atoms with Crippen LogP contribution in [0.4, 0.5) is 0 Å². The molecule has 0 saturated heterocycles. The van der Waals surface area contributed by atoms with Crippen LogP contribution in [-0.4, -0.2) is 7.05 Å². The maximum absolute atomic E-state index is 5.84. The van der Waals surface area contributed by atoms with Gasteiger partial charge in [0.2, 0.25) is 0 Å². The zero-order valence-corrected chi connectivity index (χ0v) is 12.2. The van der Waals surface area contributed by atoms with Crippen molar-refractivity contribution in [1.29, 1.82) is 0 Å². The minimum Gasteiger partial charge on any atom is -1.00 e. The van der Waals surface area contributed by atoms with E-state index >= 15 is 0 Å². The van der Waals surface area contributed by atoms with Crippen LogP contribution in [-0.2, 0) is 13.2 Å². The van der Waals surface area contributed by atoms with Gasteiger partial charge in [-0.25, -0.2) is 0 Å². The Morgan fingerprint density at radius 3 is 2.47 bits per heavy atom. The molecule has 0 radical (unpaired) electrons. The van der Waals surface area contributed by atoms with Gasteiger partial charge in [-0.3, -0.25) is 0 Å². The number of halogens is 2. The van der Waals surface area contributed by atoms with Crippen molar-refractivity contribution < 1.29 is 17.1 Å². The number of hydrogen-bond acceptors (Lipinski definition) is 2. The summed E-state index contributed by atoms with van der Waals surface area (Å²) in [5.41, 5.74) is 2.32. The first kappa shape index (κ1) is 15.8. The van der Waals surface area contributed by atoms with E-state index in [0.717, 1.165) is 22.9 Å². The van der Waals surface area contributed by atoms with Crippen LogP contribution >= 0.6 is 11.6 Å². The average Bonchev–Trinajstić information content (AvgIpc) is 2.39. The van der Waals surface area contributed by atoms with Gasteiger partial charge >= 0.3 is 0 Å². The SMILES string of the molecule is CNCc1cccc(OCc2ccc(Cl)cc2)c1.[Cl-]. The second-order valence-corrected chi connectivity index (χ2v) is 4.53. The summed E-state index contributed by atoms with van der Waals surface area (Å²) < 4.78 is 5.75. The molecular formula is C15H16Cl2NO-. The molecule has 0 saturated carbocycles.